The fourth-order valence-electron chi connectivity index (χ4n) is 4.13. The average molecular weight is 449 g/mol. The molecule has 2 heterocycles. The van der Waals surface area contributed by atoms with Crippen LogP contribution in [0.1, 0.15) is 35.8 Å². The van der Waals surface area contributed by atoms with E-state index in [1.807, 2.05) is 54.2 Å². The maximum Gasteiger partial charge on any atom is 0.227 e. The number of carbonyl (C=O) groups is 2. The van der Waals surface area contributed by atoms with Gasteiger partial charge in [-0.15, -0.1) is 0 Å². The standard InChI is InChI=1S/C25H28N4O4/c1-29-11-10-26-24(29)23(18-13-19(32-2)15-20(14-18)33-3)28-22(30)9-8-17-12-16-6-4-5-7-21(16)27-25(17)31/h4-7,10-11,13-15,17,23H,8-9,12H2,1-3H3,(H,27,31)(H,28,30)/t17-,23-/m0/s1. The maximum absolute atomic E-state index is 13.0. The van der Waals surface area contributed by atoms with E-state index in [1.54, 1.807) is 26.5 Å². The number of amides is 2. The number of hydrogen-bond donors (Lipinski definition) is 2. The Morgan fingerprint density at radius 3 is 2.61 bits per heavy atom. The highest BCUT2D eigenvalue weighted by atomic mass is 16.5. The Balaban J connectivity index is 1.50. The van der Waals surface area contributed by atoms with Crippen molar-refractivity contribution >= 4 is 17.5 Å². The lowest BCUT2D eigenvalue weighted by Gasteiger charge is -2.25. The smallest absolute Gasteiger partial charge is 0.227 e. The van der Waals surface area contributed by atoms with E-state index in [0.717, 1.165) is 16.8 Å². The van der Waals surface area contributed by atoms with Gasteiger partial charge in [0.15, 0.2) is 0 Å². The lowest BCUT2D eigenvalue weighted by atomic mass is 9.89. The molecule has 0 saturated heterocycles. The van der Waals surface area contributed by atoms with Crippen LogP contribution in [0.4, 0.5) is 5.69 Å². The van der Waals surface area contributed by atoms with Gasteiger partial charge in [0.1, 0.15) is 23.4 Å². The van der Waals surface area contributed by atoms with E-state index in [-0.39, 0.29) is 24.2 Å². The number of para-hydroxylation sites is 1. The zero-order chi connectivity index (χ0) is 23.4. The van der Waals surface area contributed by atoms with Gasteiger partial charge in [-0.1, -0.05) is 18.2 Å². The van der Waals surface area contributed by atoms with Crippen LogP contribution in [0.15, 0.2) is 54.9 Å². The number of nitrogens with zero attached hydrogens (tertiary/aromatic N) is 2. The van der Waals surface area contributed by atoms with Crippen LogP contribution in [-0.2, 0) is 23.1 Å². The molecular formula is C25H28N4O4. The molecule has 0 fully saturated rings. The van der Waals surface area contributed by atoms with E-state index >= 15 is 0 Å². The Morgan fingerprint density at radius 2 is 1.94 bits per heavy atom. The van der Waals surface area contributed by atoms with Crippen LogP contribution in [0.3, 0.4) is 0 Å². The third-order valence-corrected chi connectivity index (χ3v) is 5.96. The molecule has 0 spiro atoms. The third-order valence-electron chi connectivity index (χ3n) is 5.96. The second-order valence-electron chi connectivity index (χ2n) is 8.13. The molecule has 2 atom stereocenters. The summed E-state index contributed by atoms with van der Waals surface area (Å²) in [4.78, 5) is 29.9. The fourth-order valence-corrected chi connectivity index (χ4v) is 4.13. The molecule has 0 radical (unpaired) electrons. The van der Waals surface area contributed by atoms with Gasteiger partial charge in [-0.2, -0.15) is 0 Å². The number of rotatable bonds is 8. The molecule has 0 bridgehead atoms. The Hall–Kier alpha value is -3.81. The number of ether oxygens (including phenoxy) is 2. The summed E-state index contributed by atoms with van der Waals surface area (Å²) < 4.78 is 12.7. The first-order chi connectivity index (χ1) is 16.0. The lowest BCUT2D eigenvalue weighted by Crippen LogP contribution is -2.34. The summed E-state index contributed by atoms with van der Waals surface area (Å²) in [5, 5.41) is 6.03. The molecule has 8 heteroatoms. The second-order valence-corrected chi connectivity index (χ2v) is 8.13. The van der Waals surface area contributed by atoms with Crippen molar-refractivity contribution in [3.63, 3.8) is 0 Å². The summed E-state index contributed by atoms with van der Waals surface area (Å²) in [5.74, 6) is 1.49. The summed E-state index contributed by atoms with van der Waals surface area (Å²) in [6.07, 6.45) is 4.83. The quantitative estimate of drug-likeness (QED) is 0.552. The van der Waals surface area contributed by atoms with Gasteiger partial charge in [-0.25, -0.2) is 4.98 Å². The minimum Gasteiger partial charge on any atom is -0.497 e. The Morgan fingerprint density at radius 1 is 1.21 bits per heavy atom. The highest BCUT2D eigenvalue weighted by Crippen LogP contribution is 2.30. The molecule has 4 rings (SSSR count). The molecule has 1 aromatic heterocycles. The van der Waals surface area contributed by atoms with E-state index in [1.165, 1.54) is 0 Å². The van der Waals surface area contributed by atoms with E-state index in [9.17, 15) is 9.59 Å². The van der Waals surface area contributed by atoms with Gasteiger partial charge in [0, 0.05) is 43.5 Å². The fraction of sp³-hybridized carbons (Fsp3) is 0.320. The van der Waals surface area contributed by atoms with Crippen molar-refractivity contribution < 1.29 is 19.1 Å². The molecule has 0 unspecified atom stereocenters. The van der Waals surface area contributed by atoms with Crippen molar-refractivity contribution in [2.75, 3.05) is 19.5 Å². The minimum absolute atomic E-state index is 0.0420. The van der Waals surface area contributed by atoms with E-state index in [0.29, 0.717) is 30.2 Å². The van der Waals surface area contributed by atoms with Crippen LogP contribution in [0.5, 0.6) is 11.5 Å². The molecule has 1 aliphatic heterocycles. The molecule has 2 aromatic carbocycles. The van der Waals surface area contributed by atoms with Crippen LogP contribution >= 0.6 is 0 Å². The van der Waals surface area contributed by atoms with Gasteiger partial charge in [0.25, 0.3) is 0 Å². The Labute approximate surface area is 192 Å². The van der Waals surface area contributed by atoms with Crippen molar-refractivity contribution in [3.05, 3.63) is 71.8 Å². The summed E-state index contributed by atoms with van der Waals surface area (Å²) in [6, 6.07) is 12.8. The summed E-state index contributed by atoms with van der Waals surface area (Å²) in [7, 11) is 5.04. The first-order valence-corrected chi connectivity index (χ1v) is 10.9. The number of carbonyl (C=O) groups excluding carboxylic acids is 2. The van der Waals surface area contributed by atoms with Gasteiger partial charge < -0.3 is 24.7 Å². The number of benzene rings is 2. The molecule has 8 nitrogen and oxygen atoms in total. The summed E-state index contributed by atoms with van der Waals surface area (Å²) in [6.45, 7) is 0. The molecular weight excluding hydrogens is 420 g/mol. The number of anilines is 1. The zero-order valence-electron chi connectivity index (χ0n) is 19.0. The van der Waals surface area contributed by atoms with Crippen LogP contribution in [0, 0.1) is 5.92 Å². The molecule has 33 heavy (non-hydrogen) atoms. The highest BCUT2D eigenvalue weighted by Gasteiger charge is 2.27. The first kappa shape index (κ1) is 22.4. The number of methoxy groups -OCH3 is 2. The number of hydrogen-bond acceptors (Lipinski definition) is 5. The number of nitrogens with one attached hydrogen (secondary N) is 2. The van der Waals surface area contributed by atoms with E-state index in [2.05, 4.69) is 15.6 Å². The van der Waals surface area contributed by atoms with Crippen molar-refractivity contribution in [2.24, 2.45) is 13.0 Å². The number of imidazole rings is 1. The lowest BCUT2D eigenvalue weighted by molar-refractivity contribution is -0.123. The Kier molecular flexibility index (Phi) is 6.63. The predicted octanol–water partition coefficient (Wildman–Crippen LogP) is 3.23. The predicted molar refractivity (Wildman–Crippen MR) is 124 cm³/mol. The van der Waals surface area contributed by atoms with Gasteiger partial charge in [-0.05, 0) is 42.2 Å². The van der Waals surface area contributed by atoms with Gasteiger partial charge in [0.2, 0.25) is 11.8 Å². The molecule has 172 valence electrons. The number of aryl methyl sites for hydroxylation is 1. The molecule has 2 N–H and O–H groups in total. The van der Waals surface area contributed by atoms with Crippen LogP contribution < -0.4 is 20.1 Å². The van der Waals surface area contributed by atoms with Crippen molar-refractivity contribution in [2.45, 2.75) is 25.3 Å². The van der Waals surface area contributed by atoms with Crippen LogP contribution in [0.25, 0.3) is 0 Å². The second kappa shape index (κ2) is 9.77. The molecule has 0 aliphatic carbocycles. The van der Waals surface area contributed by atoms with Crippen molar-refractivity contribution in [1.29, 1.82) is 0 Å². The number of aromatic nitrogens is 2. The third kappa shape index (κ3) is 5.00. The Bertz CT molecular complexity index is 1130. The first-order valence-electron chi connectivity index (χ1n) is 10.9. The molecule has 2 amide bonds. The number of fused-ring (bicyclic) bond motifs is 1. The van der Waals surface area contributed by atoms with Crippen LogP contribution in [-0.4, -0.2) is 35.6 Å². The summed E-state index contributed by atoms with van der Waals surface area (Å²) >= 11 is 0. The molecule has 1 aliphatic rings. The van der Waals surface area contributed by atoms with E-state index in [4.69, 9.17) is 9.47 Å². The SMILES string of the molecule is COc1cc(OC)cc([C@H](NC(=O)CC[C@H]2Cc3ccccc3NC2=O)c2nccn2C)c1. The monoisotopic (exact) mass is 448 g/mol. The van der Waals surface area contributed by atoms with E-state index < -0.39 is 6.04 Å². The maximum atomic E-state index is 13.0. The topological polar surface area (TPSA) is 94.5 Å². The van der Waals surface area contributed by atoms with Gasteiger partial charge in [-0.3, -0.25) is 9.59 Å². The van der Waals surface area contributed by atoms with Crippen molar-refractivity contribution in [3.8, 4) is 11.5 Å². The van der Waals surface area contributed by atoms with Crippen LogP contribution in [0.2, 0.25) is 0 Å². The zero-order valence-corrected chi connectivity index (χ0v) is 19.0. The highest BCUT2D eigenvalue weighted by molar-refractivity contribution is 5.96. The van der Waals surface area contributed by atoms with Gasteiger partial charge in [0.05, 0.1) is 14.2 Å². The summed E-state index contributed by atoms with van der Waals surface area (Å²) in [5.41, 5.74) is 2.74. The average Bonchev–Trinajstić information content (AvgIpc) is 3.26. The molecule has 3 aromatic rings. The molecule has 0 saturated carbocycles. The minimum atomic E-state index is -0.498. The van der Waals surface area contributed by atoms with Gasteiger partial charge >= 0.3 is 0 Å². The normalized spacial score (nSPS) is 15.8. The largest absolute Gasteiger partial charge is 0.497 e. The van der Waals surface area contributed by atoms with Crippen molar-refractivity contribution in [1.82, 2.24) is 14.9 Å².